The topological polar surface area (TPSA) is 55.6 Å². The fourth-order valence-corrected chi connectivity index (χ4v) is 2.51. The van der Waals surface area contributed by atoms with Gasteiger partial charge in [-0.2, -0.15) is 0 Å². The lowest BCUT2D eigenvalue weighted by atomic mass is 10.00. The molecule has 0 fully saturated rings. The molecule has 0 radical (unpaired) electrons. The summed E-state index contributed by atoms with van der Waals surface area (Å²) in [6.07, 6.45) is 0.907. The Balaban J connectivity index is 1.58. The van der Waals surface area contributed by atoms with Gasteiger partial charge >= 0.3 is 0 Å². The molecule has 1 amide bonds. The Morgan fingerprint density at radius 2 is 1.81 bits per heavy atom. The van der Waals surface area contributed by atoms with Crippen LogP contribution < -0.4 is 10.5 Å². The Kier molecular flexibility index (Phi) is 3.77. The molecule has 2 N–H and O–H groups in total. The van der Waals surface area contributed by atoms with Crippen LogP contribution in [0.15, 0.2) is 48.5 Å². The van der Waals surface area contributed by atoms with Crippen LogP contribution in [-0.2, 0) is 17.8 Å². The summed E-state index contributed by atoms with van der Waals surface area (Å²) in [6.45, 7) is 1.48. The summed E-state index contributed by atoms with van der Waals surface area (Å²) < 4.78 is 5.52. The van der Waals surface area contributed by atoms with E-state index in [0.29, 0.717) is 18.0 Å². The third-order valence-corrected chi connectivity index (χ3v) is 3.73. The molecular weight excluding hydrogens is 264 g/mol. The van der Waals surface area contributed by atoms with Crippen LogP contribution in [0.5, 0.6) is 5.75 Å². The summed E-state index contributed by atoms with van der Waals surface area (Å²) >= 11 is 0. The zero-order valence-electron chi connectivity index (χ0n) is 11.8. The zero-order valence-corrected chi connectivity index (χ0v) is 11.8. The lowest BCUT2D eigenvalue weighted by Crippen LogP contribution is -2.38. The highest BCUT2D eigenvalue weighted by Crippen LogP contribution is 2.19. The number of carbonyl (C=O) groups is 1. The molecular formula is C17H18N2O2. The fourth-order valence-electron chi connectivity index (χ4n) is 2.51. The molecule has 0 saturated carbocycles. The predicted octanol–water partition coefficient (Wildman–Crippen LogP) is 2.23. The van der Waals surface area contributed by atoms with Crippen molar-refractivity contribution in [3.05, 3.63) is 59.7 Å². The van der Waals surface area contributed by atoms with Gasteiger partial charge in [-0.05, 0) is 41.8 Å². The predicted molar refractivity (Wildman–Crippen MR) is 81.9 cm³/mol. The van der Waals surface area contributed by atoms with Crippen molar-refractivity contribution in [2.24, 2.45) is 0 Å². The molecule has 0 saturated heterocycles. The molecule has 4 heteroatoms. The number of nitrogens with two attached hydrogens (primary N) is 1. The van der Waals surface area contributed by atoms with Crippen LogP contribution in [0.2, 0.25) is 0 Å². The van der Waals surface area contributed by atoms with Crippen molar-refractivity contribution in [2.75, 3.05) is 18.9 Å². The average Bonchev–Trinajstić information content (AvgIpc) is 2.53. The number of hydrogen-bond acceptors (Lipinski definition) is 3. The number of nitrogen functional groups attached to an aromatic ring is 1. The van der Waals surface area contributed by atoms with Gasteiger partial charge in [-0.1, -0.05) is 24.3 Å². The van der Waals surface area contributed by atoms with Crippen LogP contribution in [0.1, 0.15) is 11.1 Å². The van der Waals surface area contributed by atoms with E-state index < -0.39 is 0 Å². The smallest absolute Gasteiger partial charge is 0.260 e. The van der Waals surface area contributed by atoms with E-state index in [4.69, 9.17) is 10.5 Å². The van der Waals surface area contributed by atoms with Crippen molar-refractivity contribution in [3.63, 3.8) is 0 Å². The summed E-state index contributed by atoms with van der Waals surface area (Å²) in [5.74, 6) is 0.677. The van der Waals surface area contributed by atoms with Crippen LogP contribution in [0.3, 0.4) is 0 Å². The minimum atomic E-state index is 0.0151. The van der Waals surface area contributed by atoms with E-state index in [9.17, 15) is 4.79 Å². The van der Waals surface area contributed by atoms with Crippen molar-refractivity contribution < 1.29 is 9.53 Å². The van der Waals surface area contributed by atoms with Gasteiger partial charge in [-0.3, -0.25) is 4.79 Å². The number of rotatable bonds is 3. The van der Waals surface area contributed by atoms with Gasteiger partial charge in [0.25, 0.3) is 5.91 Å². The number of nitrogens with zero attached hydrogens (tertiary/aromatic N) is 1. The maximum Gasteiger partial charge on any atom is 0.260 e. The Morgan fingerprint density at radius 1 is 1.10 bits per heavy atom. The van der Waals surface area contributed by atoms with Crippen molar-refractivity contribution in [1.29, 1.82) is 0 Å². The first kappa shape index (κ1) is 13.5. The number of hydrogen-bond donors (Lipinski definition) is 1. The molecule has 0 bridgehead atoms. The maximum atomic E-state index is 12.2. The number of fused-ring (bicyclic) bond motifs is 1. The molecule has 0 aliphatic carbocycles. The molecule has 1 aliphatic heterocycles. The second kappa shape index (κ2) is 5.87. The third-order valence-electron chi connectivity index (χ3n) is 3.73. The number of amides is 1. The van der Waals surface area contributed by atoms with Crippen LogP contribution in [0, 0.1) is 0 Å². The van der Waals surface area contributed by atoms with Gasteiger partial charge in [0, 0.05) is 18.8 Å². The quantitative estimate of drug-likeness (QED) is 0.878. The van der Waals surface area contributed by atoms with E-state index >= 15 is 0 Å². The van der Waals surface area contributed by atoms with Gasteiger partial charge in [0.1, 0.15) is 5.75 Å². The molecule has 21 heavy (non-hydrogen) atoms. The minimum Gasteiger partial charge on any atom is -0.484 e. The molecule has 2 aromatic carbocycles. The van der Waals surface area contributed by atoms with E-state index in [0.717, 1.165) is 13.0 Å². The number of carbonyl (C=O) groups excluding carboxylic acids is 1. The number of ether oxygens (including phenoxy) is 1. The van der Waals surface area contributed by atoms with Crippen LogP contribution in [-0.4, -0.2) is 24.0 Å². The summed E-state index contributed by atoms with van der Waals surface area (Å²) in [5.41, 5.74) is 8.86. The van der Waals surface area contributed by atoms with Crippen molar-refractivity contribution >= 4 is 11.6 Å². The summed E-state index contributed by atoms with van der Waals surface area (Å²) in [5, 5.41) is 0. The first-order valence-electron chi connectivity index (χ1n) is 7.05. The van der Waals surface area contributed by atoms with E-state index in [1.54, 1.807) is 24.3 Å². The molecule has 0 atom stereocenters. The highest BCUT2D eigenvalue weighted by Gasteiger charge is 2.20. The van der Waals surface area contributed by atoms with E-state index in [1.807, 2.05) is 17.0 Å². The molecule has 1 heterocycles. The molecule has 0 spiro atoms. The van der Waals surface area contributed by atoms with Crippen LogP contribution in [0.25, 0.3) is 0 Å². The Labute approximate surface area is 124 Å². The molecule has 108 valence electrons. The molecule has 0 unspecified atom stereocenters. The standard InChI is InChI=1S/C17H18N2O2/c18-15-5-7-16(8-6-15)21-12-17(20)19-10-9-13-3-1-2-4-14(13)11-19/h1-8H,9-12,18H2. The average molecular weight is 282 g/mol. The van der Waals surface area contributed by atoms with E-state index in [1.165, 1.54) is 11.1 Å². The molecule has 0 aromatic heterocycles. The van der Waals surface area contributed by atoms with Crippen molar-refractivity contribution in [3.8, 4) is 5.75 Å². The fraction of sp³-hybridized carbons (Fsp3) is 0.235. The monoisotopic (exact) mass is 282 g/mol. The highest BCUT2D eigenvalue weighted by atomic mass is 16.5. The van der Waals surface area contributed by atoms with Crippen LogP contribution in [0.4, 0.5) is 5.69 Å². The van der Waals surface area contributed by atoms with Gasteiger partial charge in [0.05, 0.1) is 0 Å². The lowest BCUT2D eigenvalue weighted by Gasteiger charge is -2.28. The Hall–Kier alpha value is -2.49. The first-order chi connectivity index (χ1) is 10.2. The molecule has 3 rings (SSSR count). The highest BCUT2D eigenvalue weighted by molar-refractivity contribution is 5.78. The maximum absolute atomic E-state index is 12.2. The summed E-state index contributed by atoms with van der Waals surface area (Å²) in [4.78, 5) is 14.1. The molecule has 4 nitrogen and oxygen atoms in total. The molecule has 1 aliphatic rings. The van der Waals surface area contributed by atoms with Crippen molar-refractivity contribution in [2.45, 2.75) is 13.0 Å². The summed E-state index contributed by atoms with van der Waals surface area (Å²) in [7, 11) is 0. The van der Waals surface area contributed by atoms with Crippen molar-refractivity contribution in [1.82, 2.24) is 4.90 Å². The Bertz CT molecular complexity index is 637. The van der Waals surface area contributed by atoms with Gasteiger partial charge in [-0.25, -0.2) is 0 Å². The normalized spacial score (nSPS) is 13.6. The van der Waals surface area contributed by atoms with Gasteiger partial charge in [0.2, 0.25) is 0 Å². The second-order valence-electron chi connectivity index (χ2n) is 5.19. The SMILES string of the molecule is Nc1ccc(OCC(=O)N2CCc3ccccc3C2)cc1. The number of anilines is 1. The van der Waals surface area contributed by atoms with E-state index in [-0.39, 0.29) is 12.5 Å². The number of benzene rings is 2. The molecule has 2 aromatic rings. The second-order valence-corrected chi connectivity index (χ2v) is 5.19. The Morgan fingerprint density at radius 3 is 2.57 bits per heavy atom. The largest absolute Gasteiger partial charge is 0.484 e. The van der Waals surface area contributed by atoms with Crippen LogP contribution >= 0.6 is 0 Å². The zero-order chi connectivity index (χ0) is 14.7. The minimum absolute atomic E-state index is 0.0151. The summed E-state index contributed by atoms with van der Waals surface area (Å²) in [6, 6.07) is 15.3. The third kappa shape index (κ3) is 3.16. The van der Waals surface area contributed by atoms with Gasteiger partial charge < -0.3 is 15.4 Å². The van der Waals surface area contributed by atoms with E-state index in [2.05, 4.69) is 12.1 Å². The lowest BCUT2D eigenvalue weighted by molar-refractivity contribution is -0.134. The van der Waals surface area contributed by atoms with Gasteiger partial charge in [0.15, 0.2) is 6.61 Å². The van der Waals surface area contributed by atoms with Gasteiger partial charge in [-0.15, -0.1) is 0 Å². The first-order valence-corrected chi connectivity index (χ1v) is 7.05.